The van der Waals surface area contributed by atoms with Gasteiger partial charge in [0.2, 0.25) is 0 Å². The quantitative estimate of drug-likeness (QED) is 0.353. The Bertz CT molecular complexity index is 553. The van der Waals surface area contributed by atoms with Gasteiger partial charge >= 0.3 is 0 Å². The van der Waals surface area contributed by atoms with Gasteiger partial charge in [0.25, 0.3) is 5.91 Å². The summed E-state index contributed by atoms with van der Waals surface area (Å²) in [6.45, 7) is 6.02. The number of nitrogens with zero attached hydrogens (tertiary/aromatic N) is 2. The second-order valence-corrected chi connectivity index (χ2v) is 7.01. The lowest BCUT2D eigenvalue weighted by molar-refractivity contribution is 0.0953. The van der Waals surface area contributed by atoms with Gasteiger partial charge in [0, 0.05) is 32.2 Å². The number of nitrogens with one attached hydrogen (secondary N) is 3. The standard InChI is InChI=1S/C21H35N5O/c1-22-21(25-15-10-18-26-16-7-2-3-8-17-26)24-14-9-13-23-20(27)19-11-5-4-6-12-19/h4-6,11-12H,2-3,7-10,13-18H2,1H3,(H,23,27)(H2,22,24,25). The van der Waals surface area contributed by atoms with Crippen molar-refractivity contribution in [2.75, 3.05) is 46.3 Å². The lowest BCUT2D eigenvalue weighted by atomic mass is 10.2. The maximum absolute atomic E-state index is 12.0. The summed E-state index contributed by atoms with van der Waals surface area (Å²) in [6, 6.07) is 9.31. The highest BCUT2D eigenvalue weighted by Crippen LogP contribution is 2.09. The molecule has 1 heterocycles. The topological polar surface area (TPSA) is 68.8 Å². The summed E-state index contributed by atoms with van der Waals surface area (Å²) in [6.07, 6.45) is 7.45. The van der Waals surface area contributed by atoms with E-state index in [2.05, 4.69) is 25.8 Å². The Morgan fingerprint density at radius 1 is 0.926 bits per heavy atom. The van der Waals surface area contributed by atoms with Crippen LogP contribution in [0.25, 0.3) is 0 Å². The molecule has 1 aromatic carbocycles. The number of carbonyl (C=O) groups excluding carboxylic acids is 1. The van der Waals surface area contributed by atoms with Crippen molar-refractivity contribution in [1.82, 2.24) is 20.9 Å². The third-order valence-electron chi connectivity index (χ3n) is 4.83. The van der Waals surface area contributed by atoms with Gasteiger partial charge in [-0.15, -0.1) is 0 Å². The molecule has 1 aliphatic rings. The lowest BCUT2D eigenvalue weighted by Gasteiger charge is -2.20. The highest BCUT2D eigenvalue weighted by atomic mass is 16.1. The molecule has 150 valence electrons. The van der Waals surface area contributed by atoms with Gasteiger partial charge in [-0.25, -0.2) is 0 Å². The fourth-order valence-electron chi connectivity index (χ4n) is 3.28. The van der Waals surface area contributed by atoms with Gasteiger partial charge in [0.1, 0.15) is 0 Å². The summed E-state index contributed by atoms with van der Waals surface area (Å²) < 4.78 is 0. The number of amides is 1. The second kappa shape index (κ2) is 13.1. The summed E-state index contributed by atoms with van der Waals surface area (Å²) in [5, 5.41) is 9.62. The van der Waals surface area contributed by atoms with Crippen molar-refractivity contribution in [2.45, 2.75) is 38.5 Å². The minimum Gasteiger partial charge on any atom is -0.356 e. The zero-order valence-corrected chi connectivity index (χ0v) is 16.7. The van der Waals surface area contributed by atoms with Gasteiger partial charge in [-0.1, -0.05) is 31.0 Å². The first kappa shape index (κ1) is 21.2. The molecule has 0 bridgehead atoms. The Kier molecular flexibility index (Phi) is 10.3. The van der Waals surface area contributed by atoms with E-state index >= 15 is 0 Å². The van der Waals surface area contributed by atoms with Crippen LogP contribution in [0.2, 0.25) is 0 Å². The van der Waals surface area contributed by atoms with Crippen molar-refractivity contribution >= 4 is 11.9 Å². The van der Waals surface area contributed by atoms with Crippen LogP contribution < -0.4 is 16.0 Å². The van der Waals surface area contributed by atoms with Crippen molar-refractivity contribution in [2.24, 2.45) is 4.99 Å². The van der Waals surface area contributed by atoms with E-state index in [1.807, 2.05) is 30.3 Å². The number of carbonyl (C=O) groups is 1. The van der Waals surface area contributed by atoms with Crippen LogP contribution >= 0.6 is 0 Å². The summed E-state index contributed by atoms with van der Waals surface area (Å²) in [5.41, 5.74) is 0.701. The Morgan fingerprint density at radius 2 is 1.56 bits per heavy atom. The monoisotopic (exact) mass is 373 g/mol. The van der Waals surface area contributed by atoms with E-state index in [0.29, 0.717) is 12.1 Å². The molecule has 0 spiro atoms. The number of rotatable bonds is 9. The Hall–Kier alpha value is -2.08. The maximum Gasteiger partial charge on any atom is 0.251 e. The predicted molar refractivity (Wildman–Crippen MR) is 112 cm³/mol. The molecule has 0 saturated carbocycles. The third kappa shape index (κ3) is 8.91. The van der Waals surface area contributed by atoms with Gasteiger partial charge in [-0.3, -0.25) is 9.79 Å². The first-order chi connectivity index (χ1) is 13.3. The molecule has 27 heavy (non-hydrogen) atoms. The van der Waals surface area contributed by atoms with E-state index in [-0.39, 0.29) is 5.91 Å². The molecular formula is C21H35N5O. The largest absolute Gasteiger partial charge is 0.356 e. The highest BCUT2D eigenvalue weighted by molar-refractivity contribution is 5.94. The van der Waals surface area contributed by atoms with Crippen molar-refractivity contribution in [3.8, 4) is 0 Å². The van der Waals surface area contributed by atoms with Gasteiger partial charge in [0.05, 0.1) is 0 Å². The summed E-state index contributed by atoms with van der Waals surface area (Å²) >= 11 is 0. The van der Waals surface area contributed by atoms with E-state index in [4.69, 9.17) is 0 Å². The van der Waals surface area contributed by atoms with Crippen LogP contribution in [0, 0.1) is 0 Å². The number of aliphatic imine (C=N–C) groups is 1. The number of hydrogen-bond donors (Lipinski definition) is 3. The average molecular weight is 374 g/mol. The van der Waals surface area contributed by atoms with Gasteiger partial charge in [-0.05, 0) is 57.5 Å². The van der Waals surface area contributed by atoms with Crippen LogP contribution in [0.15, 0.2) is 35.3 Å². The van der Waals surface area contributed by atoms with E-state index in [1.54, 1.807) is 7.05 Å². The Labute approximate surface area is 163 Å². The van der Waals surface area contributed by atoms with Crippen LogP contribution in [0.1, 0.15) is 48.9 Å². The molecule has 2 rings (SSSR count). The molecule has 1 fully saturated rings. The number of hydrogen-bond acceptors (Lipinski definition) is 3. The fraction of sp³-hybridized carbons (Fsp3) is 0.619. The normalized spacial score (nSPS) is 15.8. The molecule has 0 atom stereocenters. The van der Waals surface area contributed by atoms with Crippen LogP contribution in [-0.4, -0.2) is 63.1 Å². The summed E-state index contributed by atoms with van der Waals surface area (Å²) in [7, 11) is 1.79. The smallest absolute Gasteiger partial charge is 0.251 e. The molecule has 0 radical (unpaired) electrons. The SMILES string of the molecule is CN=C(NCCCNC(=O)c1ccccc1)NCCCN1CCCCCC1. The molecule has 6 nitrogen and oxygen atoms in total. The molecule has 1 amide bonds. The molecule has 1 aromatic rings. The number of likely N-dealkylation sites (tertiary alicyclic amines) is 1. The van der Waals surface area contributed by atoms with Crippen molar-refractivity contribution in [3.05, 3.63) is 35.9 Å². The van der Waals surface area contributed by atoms with Crippen molar-refractivity contribution in [3.63, 3.8) is 0 Å². The molecule has 0 aromatic heterocycles. The van der Waals surface area contributed by atoms with E-state index in [0.717, 1.165) is 38.4 Å². The van der Waals surface area contributed by atoms with E-state index in [1.165, 1.54) is 38.8 Å². The average Bonchev–Trinajstić information content (AvgIpc) is 2.98. The molecule has 0 aliphatic carbocycles. The number of benzene rings is 1. The molecule has 1 saturated heterocycles. The zero-order valence-electron chi connectivity index (χ0n) is 16.7. The molecule has 6 heteroatoms. The van der Waals surface area contributed by atoms with Crippen molar-refractivity contribution in [1.29, 1.82) is 0 Å². The molecule has 1 aliphatic heterocycles. The molecule has 0 unspecified atom stereocenters. The highest BCUT2D eigenvalue weighted by Gasteiger charge is 2.08. The third-order valence-corrected chi connectivity index (χ3v) is 4.83. The van der Waals surface area contributed by atoms with E-state index in [9.17, 15) is 4.79 Å². The van der Waals surface area contributed by atoms with Gasteiger partial charge in [-0.2, -0.15) is 0 Å². The maximum atomic E-state index is 12.0. The first-order valence-electron chi connectivity index (χ1n) is 10.3. The summed E-state index contributed by atoms with van der Waals surface area (Å²) in [4.78, 5) is 18.8. The second-order valence-electron chi connectivity index (χ2n) is 7.01. The Balaban J connectivity index is 1.50. The fourth-order valence-corrected chi connectivity index (χ4v) is 3.28. The van der Waals surface area contributed by atoms with E-state index < -0.39 is 0 Å². The summed E-state index contributed by atoms with van der Waals surface area (Å²) in [5.74, 6) is 0.812. The van der Waals surface area contributed by atoms with Gasteiger partial charge < -0.3 is 20.9 Å². The zero-order chi connectivity index (χ0) is 19.2. The van der Waals surface area contributed by atoms with Crippen LogP contribution in [0.4, 0.5) is 0 Å². The van der Waals surface area contributed by atoms with Gasteiger partial charge in [0.15, 0.2) is 5.96 Å². The molecule has 3 N–H and O–H groups in total. The first-order valence-corrected chi connectivity index (χ1v) is 10.3. The minimum absolute atomic E-state index is 0.0216. The predicted octanol–water partition coefficient (Wildman–Crippen LogP) is 2.24. The number of guanidine groups is 1. The van der Waals surface area contributed by atoms with Crippen LogP contribution in [0.3, 0.4) is 0 Å². The molecular weight excluding hydrogens is 338 g/mol. The minimum atomic E-state index is -0.0216. The van der Waals surface area contributed by atoms with Crippen molar-refractivity contribution < 1.29 is 4.79 Å². The Morgan fingerprint density at radius 3 is 2.22 bits per heavy atom. The van der Waals surface area contributed by atoms with Crippen LogP contribution in [0.5, 0.6) is 0 Å². The lowest BCUT2D eigenvalue weighted by Crippen LogP contribution is -2.40. The van der Waals surface area contributed by atoms with Crippen LogP contribution in [-0.2, 0) is 0 Å².